The van der Waals surface area contributed by atoms with E-state index >= 15 is 0 Å². The molecule has 1 aliphatic carbocycles. The molecule has 22 heavy (non-hydrogen) atoms. The lowest BCUT2D eigenvalue weighted by Gasteiger charge is -2.15. The Bertz CT molecular complexity index is 696. The Balaban J connectivity index is 1.85. The molecule has 0 aromatic heterocycles. The van der Waals surface area contributed by atoms with E-state index in [0.29, 0.717) is 12.3 Å². The van der Waals surface area contributed by atoms with Crippen LogP contribution in [-0.2, 0) is 14.3 Å². The van der Waals surface area contributed by atoms with Gasteiger partial charge in [-0.25, -0.2) is 0 Å². The van der Waals surface area contributed by atoms with Crippen molar-refractivity contribution >= 4 is 11.5 Å². The third-order valence-corrected chi connectivity index (χ3v) is 3.77. The third-order valence-electron chi connectivity index (χ3n) is 3.77. The normalized spacial score (nSPS) is 15.4. The van der Waals surface area contributed by atoms with Gasteiger partial charge in [0.25, 0.3) is 0 Å². The highest BCUT2D eigenvalue weighted by Gasteiger charge is 2.29. The molecule has 1 unspecified atom stereocenters. The first-order valence-electron chi connectivity index (χ1n) is 7.40. The fourth-order valence-corrected chi connectivity index (χ4v) is 2.80. The number of anilines is 1. The van der Waals surface area contributed by atoms with Gasteiger partial charge in [0.2, 0.25) is 0 Å². The Morgan fingerprint density at radius 3 is 2.68 bits per heavy atom. The van der Waals surface area contributed by atoms with E-state index in [2.05, 4.69) is 6.07 Å². The van der Waals surface area contributed by atoms with Crippen LogP contribution in [0.2, 0.25) is 0 Å². The number of carbonyl (C=O) groups is 1. The number of ether oxygens (including phenoxy) is 2. The first kappa shape index (κ1) is 14.8. The highest BCUT2D eigenvalue weighted by molar-refractivity contribution is 5.82. The van der Waals surface area contributed by atoms with Gasteiger partial charge in [-0.15, -0.1) is 0 Å². The molecule has 4 nitrogen and oxygen atoms in total. The maximum absolute atomic E-state index is 11.8. The van der Waals surface area contributed by atoms with Crippen LogP contribution in [0.25, 0.3) is 11.1 Å². The number of benzene rings is 2. The highest BCUT2D eigenvalue weighted by Crippen LogP contribution is 2.45. The van der Waals surface area contributed by atoms with E-state index in [-0.39, 0.29) is 25.1 Å². The second-order valence-corrected chi connectivity index (χ2v) is 5.30. The maximum Gasteiger partial charge on any atom is 0.184 e. The van der Waals surface area contributed by atoms with Gasteiger partial charge in [0.1, 0.15) is 19.3 Å². The van der Waals surface area contributed by atoms with Gasteiger partial charge in [0.15, 0.2) is 5.78 Å². The van der Waals surface area contributed by atoms with Crippen molar-refractivity contribution in [1.82, 2.24) is 0 Å². The summed E-state index contributed by atoms with van der Waals surface area (Å²) in [5.74, 6) is -0.0586. The summed E-state index contributed by atoms with van der Waals surface area (Å²) in [7, 11) is 0. The van der Waals surface area contributed by atoms with Gasteiger partial charge in [-0.1, -0.05) is 30.3 Å². The lowest BCUT2D eigenvalue weighted by molar-refractivity contribution is -0.129. The zero-order valence-corrected chi connectivity index (χ0v) is 12.5. The number of fused-ring (bicyclic) bond motifs is 3. The molecule has 0 fully saturated rings. The van der Waals surface area contributed by atoms with E-state index in [1.807, 2.05) is 43.3 Å². The molecule has 2 aromatic rings. The number of ketones is 1. The summed E-state index contributed by atoms with van der Waals surface area (Å²) in [5, 5.41) is 0. The summed E-state index contributed by atoms with van der Waals surface area (Å²) in [6.07, 6.45) is -0.250. The van der Waals surface area contributed by atoms with E-state index in [1.165, 1.54) is 0 Å². The van der Waals surface area contributed by atoms with E-state index in [4.69, 9.17) is 15.2 Å². The molecule has 114 valence electrons. The Hall–Kier alpha value is -2.17. The molecule has 4 heteroatoms. The van der Waals surface area contributed by atoms with Crippen molar-refractivity contribution in [2.75, 3.05) is 25.6 Å². The lowest BCUT2D eigenvalue weighted by atomic mass is 10.1. The van der Waals surface area contributed by atoms with Crippen LogP contribution in [0.3, 0.4) is 0 Å². The van der Waals surface area contributed by atoms with Crippen LogP contribution >= 0.6 is 0 Å². The molecule has 1 atom stereocenters. The monoisotopic (exact) mass is 297 g/mol. The van der Waals surface area contributed by atoms with Crippen molar-refractivity contribution < 1.29 is 14.3 Å². The van der Waals surface area contributed by atoms with Crippen LogP contribution in [-0.4, -0.2) is 25.6 Å². The zero-order chi connectivity index (χ0) is 15.5. The molecule has 0 saturated heterocycles. The molecule has 3 rings (SSSR count). The van der Waals surface area contributed by atoms with E-state index in [9.17, 15) is 4.79 Å². The molecule has 0 saturated carbocycles. The summed E-state index contributed by atoms with van der Waals surface area (Å²) in [5.41, 5.74) is 11.0. The molecule has 0 spiro atoms. The Labute approximate surface area is 129 Å². The standard InChI is InChI=1S/C18H19NO3/c1-2-21-10-13(20)11-22-18-16-6-4-3-5-14(16)15-8-7-12(19)9-17(15)18/h3-9,18H,2,10-11,19H2,1H3. The predicted molar refractivity (Wildman–Crippen MR) is 85.6 cm³/mol. The average molecular weight is 297 g/mol. The van der Waals surface area contributed by atoms with Gasteiger partial charge >= 0.3 is 0 Å². The molecule has 0 aliphatic heterocycles. The fraction of sp³-hybridized carbons (Fsp3) is 0.278. The summed E-state index contributed by atoms with van der Waals surface area (Å²) in [4.78, 5) is 11.8. The van der Waals surface area contributed by atoms with Gasteiger partial charge < -0.3 is 15.2 Å². The summed E-state index contributed by atoms with van der Waals surface area (Å²) < 4.78 is 11.0. The second kappa shape index (κ2) is 6.30. The smallest absolute Gasteiger partial charge is 0.184 e. The summed E-state index contributed by atoms with van der Waals surface area (Å²) in [6.45, 7) is 2.51. The molecule has 0 amide bonds. The van der Waals surface area contributed by atoms with Crippen molar-refractivity contribution in [2.24, 2.45) is 0 Å². The Kier molecular flexibility index (Phi) is 4.22. The third kappa shape index (κ3) is 2.75. The van der Waals surface area contributed by atoms with Crippen LogP contribution in [0.15, 0.2) is 42.5 Å². The minimum atomic E-state index is -0.250. The van der Waals surface area contributed by atoms with E-state index in [1.54, 1.807) is 0 Å². The number of carbonyl (C=O) groups excluding carboxylic acids is 1. The van der Waals surface area contributed by atoms with Crippen LogP contribution in [0.5, 0.6) is 0 Å². The highest BCUT2D eigenvalue weighted by atomic mass is 16.5. The van der Waals surface area contributed by atoms with Gasteiger partial charge in [-0.2, -0.15) is 0 Å². The number of nitrogen functional groups attached to an aromatic ring is 1. The van der Waals surface area contributed by atoms with Gasteiger partial charge in [-0.3, -0.25) is 4.79 Å². The number of rotatable bonds is 6. The van der Waals surface area contributed by atoms with Crippen molar-refractivity contribution in [1.29, 1.82) is 0 Å². The quantitative estimate of drug-likeness (QED) is 0.833. The second-order valence-electron chi connectivity index (χ2n) is 5.30. The first-order valence-corrected chi connectivity index (χ1v) is 7.40. The largest absolute Gasteiger partial charge is 0.399 e. The minimum Gasteiger partial charge on any atom is -0.399 e. The molecular formula is C18H19NO3. The number of hydrogen-bond donors (Lipinski definition) is 1. The lowest BCUT2D eigenvalue weighted by Crippen LogP contribution is -2.17. The van der Waals surface area contributed by atoms with Crippen molar-refractivity contribution in [3.8, 4) is 11.1 Å². The van der Waals surface area contributed by atoms with Crippen LogP contribution < -0.4 is 5.73 Å². The molecular weight excluding hydrogens is 278 g/mol. The number of nitrogens with two attached hydrogens (primary N) is 1. The molecule has 0 bridgehead atoms. The predicted octanol–water partition coefficient (Wildman–Crippen LogP) is 2.96. The van der Waals surface area contributed by atoms with E-state index in [0.717, 1.165) is 22.3 Å². The van der Waals surface area contributed by atoms with E-state index < -0.39 is 0 Å². The van der Waals surface area contributed by atoms with Crippen molar-refractivity contribution in [3.05, 3.63) is 53.6 Å². The summed E-state index contributed by atoms with van der Waals surface area (Å²) >= 11 is 0. The van der Waals surface area contributed by atoms with Crippen molar-refractivity contribution in [2.45, 2.75) is 13.0 Å². The molecule has 0 radical (unpaired) electrons. The van der Waals surface area contributed by atoms with Crippen LogP contribution in [0.1, 0.15) is 24.2 Å². The maximum atomic E-state index is 11.8. The SMILES string of the molecule is CCOCC(=O)COC1c2ccccc2-c2ccc(N)cc21. The fourth-order valence-electron chi connectivity index (χ4n) is 2.80. The van der Waals surface area contributed by atoms with Crippen molar-refractivity contribution in [3.63, 3.8) is 0 Å². The van der Waals surface area contributed by atoms with Gasteiger partial charge in [0, 0.05) is 12.3 Å². The topological polar surface area (TPSA) is 61.5 Å². The molecule has 2 aromatic carbocycles. The minimum absolute atomic E-state index is 0.0350. The molecule has 0 heterocycles. The van der Waals surface area contributed by atoms with Crippen LogP contribution in [0.4, 0.5) is 5.69 Å². The Morgan fingerprint density at radius 2 is 1.86 bits per heavy atom. The number of Topliss-reactive ketones (excluding diaryl/α,β-unsaturated/α-hetero) is 1. The average Bonchev–Trinajstić information content (AvgIpc) is 2.84. The van der Waals surface area contributed by atoms with Gasteiger partial charge in [-0.05, 0) is 41.3 Å². The first-order chi connectivity index (χ1) is 10.7. The molecule has 1 aliphatic rings. The number of hydrogen-bond acceptors (Lipinski definition) is 4. The summed E-state index contributed by atoms with van der Waals surface area (Å²) in [6, 6.07) is 13.9. The Morgan fingerprint density at radius 1 is 1.09 bits per heavy atom. The van der Waals surface area contributed by atoms with Gasteiger partial charge in [0.05, 0.1) is 0 Å². The zero-order valence-electron chi connectivity index (χ0n) is 12.5. The molecule has 2 N–H and O–H groups in total. The van der Waals surface area contributed by atoms with Crippen LogP contribution in [0, 0.1) is 0 Å².